The topological polar surface area (TPSA) is 237 Å². The van der Waals surface area contributed by atoms with Gasteiger partial charge in [0.1, 0.15) is 45.7 Å². The summed E-state index contributed by atoms with van der Waals surface area (Å²) in [5, 5.41) is 49.3. The van der Waals surface area contributed by atoms with E-state index in [1.54, 1.807) is 0 Å². The highest BCUT2D eigenvalue weighted by Crippen LogP contribution is 2.44. The molecule has 0 radical (unpaired) electrons. The normalized spacial score (nSPS) is 12.2. The number of carbonyl (C=O) groups is 1. The third-order valence-corrected chi connectivity index (χ3v) is 8.82. The molecule has 0 bridgehead atoms. The summed E-state index contributed by atoms with van der Waals surface area (Å²) in [6, 6.07) is 12.9. The summed E-state index contributed by atoms with van der Waals surface area (Å²) in [6.45, 7) is 0.837. The van der Waals surface area contributed by atoms with Gasteiger partial charge in [0.15, 0.2) is 15.6 Å². The highest BCUT2D eigenvalue weighted by Gasteiger charge is 2.22. The van der Waals surface area contributed by atoms with Gasteiger partial charge in [-0.2, -0.15) is 8.42 Å². The van der Waals surface area contributed by atoms with Crippen molar-refractivity contribution in [1.29, 1.82) is 0 Å². The van der Waals surface area contributed by atoms with E-state index in [9.17, 15) is 36.4 Å². The van der Waals surface area contributed by atoms with Gasteiger partial charge in [0.05, 0.1) is 23.4 Å². The van der Waals surface area contributed by atoms with E-state index in [4.69, 9.17) is 9.84 Å². The number of fused-ring (bicyclic) bond motifs is 1. The number of hydrogen-bond acceptors (Lipinski definition) is 13. The van der Waals surface area contributed by atoms with Crippen molar-refractivity contribution in [3.8, 4) is 17.2 Å². The number of ether oxygens (including phenoxy) is 1. The Labute approximate surface area is 250 Å². The van der Waals surface area contributed by atoms with Gasteiger partial charge in [-0.3, -0.25) is 9.35 Å². The zero-order chi connectivity index (χ0) is 32.2. The lowest BCUT2D eigenvalue weighted by molar-refractivity contribution is -0.134. The molecule has 0 aliphatic heterocycles. The fraction of sp³-hybridized carbons (Fsp3) is 0.148. The van der Waals surface area contributed by atoms with Crippen LogP contribution in [0.25, 0.3) is 10.8 Å². The number of carboxylic acid groups (broad SMARTS) is 1. The summed E-state index contributed by atoms with van der Waals surface area (Å²) in [6.07, 6.45) is 0. The Morgan fingerprint density at radius 1 is 0.841 bits per heavy atom. The van der Waals surface area contributed by atoms with Crippen LogP contribution in [-0.2, 0) is 24.7 Å². The minimum Gasteiger partial charge on any atom is -0.506 e. The van der Waals surface area contributed by atoms with Gasteiger partial charge < -0.3 is 25.4 Å². The second-order valence-corrected chi connectivity index (χ2v) is 12.7. The molecule has 4 aromatic rings. The summed E-state index contributed by atoms with van der Waals surface area (Å²) < 4.78 is 63.6. The van der Waals surface area contributed by atoms with E-state index >= 15 is 0 Å². The highest BCUT2D eigenvalue weighted by molar-refractivity contribution is 7.91. The molecule has 0 saturated carbocycles. The number of aromatic hydroxyl groups is 2. The van der Waals surface area contributed by atoms with Crippen molar-refractivity contribution < 1.29 is 46.2 Å². The molecule has 0 heterocycles. The summed E-state index contributed by atoms with van der Waals surface area (Å²) in [4.78, 5) is 10.1. The van der Waals surface area contributed by atoms with Crippen LogP contribution in [0, 0.1) is 0 Å². The van der Waals surface area contributed by atoms with Crippen LogP contribution in [0.15, 0.2) is 90.9 Å². The highest BCUT2D eigenvalue weighted by atomic mass is 32.2. The molecular formula is C27H25N5O10S2. The Hall–Kier alpha value is -5.13. The van der Waals surface area contributed by atoms with E-state index in [1.807, 2.05) is 0 Å². The second-order valence-electron chi connectivity index (χ2n) is 9.00. The molecule has 15 nitrogen and oxygen atoms in total. The fourth-order valence-electron chi connectivity index (χ4n) is 3.93. The van der Waals surface area contributed by atoms with Crippen LogP contribution < -0.4 is 10.1 Å². The second kappa shape index (κ2) is 12.6. The zero-order valence-electron chi connectivity index (χ0n) is 23.0. The number of hydrogen-bond donors (Lipinski definition) is 5. The Morgan fingerprint density at radius 3 is 2.16 bits per heavy atom. The Balaban J connectivity index is 1.85. The van der Waals surface area contributed by atoms with E-state index in [0.717, 1.165) is 18.2 Å². The standard InChI is InChI=1S/C27H25N5O10S2/c1-3-43(37,38)16-5-8-19(24(13-16)44(39,40)41)29-32-26-17-6-10-21(30-31-22-12-15(42-2)4-11-23(22)33)27(36)18(17)7-9-20(26)28-14-25(34)35/h4-13,28,33,36H,3,14H2,1-2H3,(H,34,35)(H,39,40,41). The average molecular weight is 644 g/mol. The van der Waals surface area contributed by atoms with Crippen molar-refractivity contribution in [1.82, 2.24) is 0 Å². The molecule has 0 atom stereocenters. The number of nitrogens with zero attached hydrogens (tertiary/aromatic N) is 4. The summed E-state index contributed by atoms with van der Waals surface area (Å²) in [5.74, 6) is -1.65. The zero-order valence-corrected chi connectivity index (χ0v) is 24.7. The van der Waals surface area contributed by atoms with Crippen LogP contribution >= 0.6 is 0 Å². The van der Waals surface area contributed by atoms with Crippen LogP contribution in [0.1, 0.15) is 6.92 Å². The van der Waals surface area contributed by atoms with Crippen LogP contribution in [0.4, 0.5) is 28.4 Å². The fourth-order valence-corrected chi connectivity index (χ4v) is 5.56. The lowest BCUT2D eigenvalue weighted by Gasteiger charge is -2.12. The number of benzene rings is 4. The molecule has 0 amide bonds. The van der Waals surface area contributed by atoms with Gasteiger partial charge in [-0.15, -0.1) is 20.5 Å². The number of aliphatic carboxylic acids is 1. The van der Waals surface area contributed by atoms with Crippen LogP contribution in [0.3, 0.4) is 0 Å². The molecule has 0 saturated heterocycles. The van der Waals surface area contributed by atoms with Crippen molar-refractivity contribution in [2.24, 2.45) is 20.5 Å². The third kappa shape index (κ3) is 6.91. The van der Waals surface area contributed by atoms with E-state index in [0.29, 0.717) is 5.75 Å². The molecular weight excluding hydrogens is 618 g/mol. The van der Waals surface area contributed by atoms with Crippen LogP contribution in [0.2, 0.25) is 0 Å². The van der Waals surface area contributed by atoms with Gasteiger partial charge in [0, 0.05) is 16.8 Å². The van der Waals surface area contributed by atoms with E-state index in [2.05, 4.69) is 25.8 Å². The molecule has 5 N–H and O–H groups in total. The van der Waals surface area contributed by atoms with Gasteiger partial charge >= 0.3 is 5.97 Å². The number of phenols is 2. The average Bonchev–Trinajstić information content (AvgIpc) is 2.98. The first-order valence-corrected chi connectivity index (χ1v) is 15.6. The summed E-state index contributed by atoms with van der Waals surface area (Å²) in [5.41, 5.74) is -0.234. The molecule has 0 aliphatic rings. The number of sulfone groups is 1. The lowest BCUT2D eigenvalue weighted by atomic mass is 10.1. The van der Waals surface area contributed by atoms with Gasteiger partial charge in [0.2, 0.25) is 0 Å². The van der Waals surface area contributed by atoms with Crippen molar-refractivity contribution in [3.05, 3.63) is 60.7 Å². The molecule has 0 aromatic heterocycles. The number of phenolic OH excluding ortho intramolecular Hbond substituents is 2. The molecule has 0 fully saturated rings. The summed E-state index contributed by atoms with van der Waals surface area (Å²) >= 11 is 0. The molecule has 230 valence electrons. The molecule has 0 unspecified atom stereocenters. The first kappa shape index (κ1) is 31.8. The molecule has 4 rings (SSSR count). The third-order valence-electron chi connectivity index (χ3n) is 6.21. The van der Waals surface area contributed by atoms with E-state index < -0.39 is 43.1 Å². The van der Waals surface area contributed by atoms with Crippen molar-refractivity contribution in [2.45, 2.75) is 16.7 Å². The largest absolute Gasteiger partial charge is 0.506 e. The minimum absolute atomic E-state index is 0.00441. The quantitative estimate of drug-likeness (QED) is 0.0991. The lowest BCUT2D eigenvalue weighted by Crippen LogP contribution is -2.12. The van der Waals surface area contributed by atoms with Crippen molar-refractivity contribution in [3.63, 3.8) is 0 Å². The predicted molar refractivity (Wildman–Crippen MR) is 159 cm³/mol. The molecule has 0 aliphatic carbocycles. The van der Waals surface area contributed by atoms with Crippen LogP contribution in [0.5, 0.6) is 17.2 Å². The maximum Gasteiger partial charge on any atom is 0.322 e. The Kier molecular flexibility index (Phi) is 9.12. The maximum atomic E-state index is 12.3. The van der Waals surface area contributed by atoms with Gasteiger partial charge in [-0.1, -0.05) is 6.92 Å². The van der Waals surface area contributed by atoms with E-state index in [-0.39, 0.29) is 55.7 Å². The molecule has 44 heavy (non-hydrogen) atoms. The number of carboxylic acids is 1. The number of anilines is 1. The number of methoxy groups -OCH3 is 1. The monoisotopic (exact) mass is 643 g/mol. The number of azo groups is 2. The van der Waals surface area contributed by atoms with Crippen LogP contribution in [-0.4, -0.2) is 62.1 Å². The smallest absolute Gasteiger partial charge is 0.322 e. The molecule has 0 spiro atoms. The Bertz CT molecular complexity index is 2050. The summed E-state index contributed by atoms with van der Waals surface area (Å²) in [7, 11) is -7.35. The first-order chi connectivity index (χ1) is 20.7. The van der Waals surface area contributed by atoms with E-state index in [1.165, 1.54) is 56.5 Å². The van der Waals surface area contributed by atoms with Crippen molar-refractivity contribution >= 4 is 65.1 Å². The Morgan fingerprint density at radius 2 is 1.50 bits per heavy atom. The number of nitrogens with one attached hydrogen (secondary N) is 1. The SMILES string of the molecule is CCS(=O)(=O)c1ccc(N=Nc2c(NCC(=O)O)ccc3c(O)c(N=Nc4cc(OC)ccc4O)ccc23)c(S(=O)(=O)O)c1. The van der Waals surface area contributed by atoms with Gasteiger partial charge in [-0.05, 0) is 54.6 Å². The minimum atomic E-state index is -4.95. The maximum absolute atomic E-state index is 12.3. The van der Waals surface area contributed by atoms with Gasteiger partial charge in [-0.25, -0.2) is 8.42 Å². The first-order valence-electron chi connectivity index (χ1n) is 12.5. The molecule has 4 aromatic carbocycles. The number of rotatable bonds is 11. The molecule has 17 heteroatoms. The predicted octanol–water partition coefficient (Wildman–Crippen LogP) is 5.63. The van der Waals surface area contributed by atoms with Gasteiger partial charge in [0.25, 0.3) is 10.1 Å². The van der Waals surface area contributed by atoms with Crippen molar-refractivity contribution in [2.75, 3.05) is 24.7 Å².